The molecule has 0 spiro atoms. The Morgan fingerprint density at radius 3 is 2.36 bits per heavy atom. The number of hydrogen-bond donors (Lipinski definition) is 1. The minimum absolute atomic E-state index is 0.0307. The van der Waals surface area contributed by atoms with Crippen LogP contribution in [-0.4, -0.2) is 24.7 Å². The first-order valence-corrected chi connectivity index (χ1v) is 5.22. The van der Waals surface area contributed by atoms with E-state index < -0.39 is 0 Å². The van der Waals surface area contributed by atoms with Crippen molar-refractivity contribution in [1.82, 2.24) is 5.32 Å². The quantitative estimate of drug-likeness (QED) is 0.691. The van der Waals surface area contributed by atoms with Gasteiger partial charge in [-0.2, -0.15) is 0 Å². The second-order valence-electron chi connectivity index (χ2n) is 5.01. The van der Waals surface area contributed by atoms with Crippen molar-refractivity contribution in [3.8, 4) is 0 Å². The van der Waals surface area contributed by atoms with Crippen molar-refractivity contribution in [1.29, 1.82) is 0 Å². The van der Waals surface area contributed by atoms with Gasteiger partial charge in [-0.3, -0.25) is 4.79 Å². The maximum Gasteiger partial charge on any atom is 0.319 e. The summed E-state index contributed by atoms with van der Waals surface area (Å²) in [6, 6.07) is 0. The molecule has 0 saturated carbocycles. The van der Waals surface area contributed by atoms with E-state index in [4.69, 9.17) is 4.74 Å². The molecular weight excluding hydrogens is 178 g/mol. The van der Waals surface area contributed by atoms with Crippen LogP contribution < -0.4 is 5.32 Å². The summed E-state index contributed by atoms with van der Waals surface area (Å²) in [5.74, 6) is 0.416. The van der Waals surface area contributed by atoms with Gasteiger partial charge in [0.1, 0.15) is 0 Å². The maximum absolute atomic E-state index is 11.2. The van der Waals surface area contributed by atoms with Gasteiger partial charge in [0, 0.05) is 5.54 Å². The Bertz CT molecular complexity index is 171. The predicted octanol–water partition coefficient (Wildman–Crippen LogP) is 1.96. The Morgan fingerprint density at radius 2 is 1.93 bits per heavy atom. The van der Waals surface area contributed by atoms with Crippen LogP contribution in [0.25, 0.3) is 0 Å². The predicted molar refractivity (Wildman–Crippen MR) is 58.2 cm³/mol. The van der Waals surface area contributed by atoms with Gasteiger partial charge in [0.15, 0.2) is 0 Å². The van der Waals surface area contributed by atoms with E-state index in [1.54, 1.807) is 0 Å². The first-order chi connectivity index (χ1) is 6.31. The van der Waals surface area contributed by atoms with Crippen LogP contribution >= 0.6 is 0 Å². The van der Waals surface area contributed by atoms with E-state index in [2.05, 4.69) is 19.2 Å². The van der Waals surface area contributed by atoms with Gasteiger partial charge in [-0.1, -0.05) is 13.8 Å². The Labute approximate surface area is 87.2 Å². The smallest absolute Gasteiger partial charge is 0.319 e. The Kier molecular flexibility index (Phi) is 5.77. The zero-order valence-corrected chi connectivity index (χ0v) is 10.0. The van der Waals surface area contributed by atoms with Crippen LogP contribution in [0.2, 0.25) is 0 Å². The molecule has 0 radical (unpaired) electrons. The SMILES string of the molecule is CC(C)CCOC(=O)CNC(C)(C)C. The fraction of sp³-hybridized carbons (Fsp3) is 0.909. The molecule has 0 amide bonds. The molecule has 3 nitrogen and oxygen atoms in total. The lowest BCUT2D eigenvalue weighted by Crippen LogP contribution is -2.40. The highest BCUT2D eigenvalue weighted by molar-refractivity contribution is 5.71. The first kappa shape index (κ1) is 13.4. The molecule has 0 heterocycles. The molecule has 0 unspecified atom stereocenters. The molecule has 0 aromatic carbocycles. The molecule has 0 atom stereocenters. The molecule has 0 aliphatic carbocycles. The molecule has 14 heavy (non-hydrogen) atoms. The van der Waals surface area contributed by atoms with Gasteiger partial charge in [0.25, 0.3) is 0 Å². The number of ether oxygens (including phenoxy) is 1. The standard InChI is InChI=1S/C11H23NO2/c1-9(2)6-7-14-10(13)8-12-11(3,4)5/h9,12H,6-8H2,1-5H3. The van der Waals surface area contributed by atoms with E-state index in [9.17, 15) is 4.79 Å². The number of hydrogen-bond acceptors (Lipinski definition) is 3. The molecule has 0 aliphatic heterocycles. The van der Waals surface area contributed by atoms with Crippen LogP contribution in [0, 0.1) is 5.92 Å². The number of carbonyl (C=O) groups excluding carboxylic acids is 1. The molecule has 0 aromatic rings. The molecule has 3 heteroatoms. The van der Waals surface area contributed by atoms with E-state index in [0.717, 1.165) is 6.42 Å². The number of carbonyl (C=O) groups is 1. The van der Waals surface area contributed by atoms with Crippen molar-refractivity contribution in [3.05, 3.63) is 0 Å². The van der Waals surface area contributed by atoms with Gasteiger partial charge >= 0.3 is 5.97 Å². The second-order valence-corrected chi connectivity index (χ2v) is 5.01. The largest absolute Gasteiger partial charge is 0.465 e. The third-order valence-corrected chi connectivity index (χ3v) is 1.72. The number of nitrogens with one attached hydrogen (secondary N) is 1. The average Bonchev–Trinajstić information content (AvgIpc) is 1.99. The van der Waals surface area contributed by atoms with Crippen LogP contribution in [0.4, 0.5) is 0 Å². The highest BCUT2D eigenvalue weighted by atomic mass is 16.5. The van der Waals surface area contributed by atoms with Crippen LogP contribution in [0.15, 0.2) is 0 Å². The van der Waals surface area contributed by atoms with E-state index in [0.29, 0.717) is 19.1 Å². The first-order valence-electron chi connectivity index (χ1n) is 5.22. The topological polar surface area (TPSA) is 38.3 Å². The molecule has 0 aromatic heterocycles. The minimum Gasteiger partial charge on any atom is -0.465 e. The van der Waals surface area contributed by atoms with Crippen molar-refractivity contribution >= 4 is 5.97 Å². The summed E-state index contributed by atoms with van der Waals surface area (Å²) in [4.78, 5) is 11.2. The van der Waals surface area contributed by atoms with Gasteiger partial charge in [-0.05, 0) is 33.1 Å². The van der Waals surface area contributed by atoms with Crippen molar-refractivity contribution in [2.45, 2.75) is 46.6 Å². The average molecular weight is 201 g/mol. The van der Waals surface area contributed by atoms with Gasteiger partial charge in [-0.15, -0.1) is 0 Å². The maximum atomic E-state index is 11.2. The highest BCUT2D eigenvalue weighted by Gasteiger charge is 2.11. The second kappa shape index (κ2) is 6.02. The molecule has 0 saturated heterocycles. The Hall–Kier alpha value is -0.570. The van der Waals surface area contributed by atoms with E-state index in [1.165, 1.54) is 0 Å². The Balaban J connectivity index is 3.47. The summed E-state index contributed by atoms with van der Waals surface area (Å²) in [6.07, 6.45) is 0.932. The van der Waals surface area contributed by atoms with Crippen LogP contribution in [0.5, 0.6) is 0 Å². The summed E-state index contributed by atoms with van der Waals surface area (Å²) in [5.41, 5.74) is -0.0307. The molecular formula is C11H23NO2. The van der Waals surface area contributed by atoms with Crippen molar-refractivity contribution in [3.63, 3.8) is 0 Å². The van der Waals surface area contributed by atoms with Gasteiger partial charge in [-0.25, -0.2) is 0 Å². The Morgan fingerprint density at radius 1 is 1.36 bits per heavy atom. The van der Waals surface area contributed by atoms with E-state index >= 15 is 0 Å². The van der Waals surface area contributed by atoms with Crippen molar-refractivity contribution in [2.24, 2.45) is 5.92 Å². The minimum atomic E-state index is -0.166. The lowest BCUT2D eigenvalue weighted by atomic mass is 10.1. The van der Waals surface area contributed by atoms with Crippen LogP contribution in [0.1, 0.15) is 41.0 Å². The highest BCUT2D eigenvalue weighted by Crippen LogP contribution is 2.00. The zero-order chi connectivity index (χ0) is 11.2. The molecule has 0 fully saturated rings. The normalized spacial score (nSPS) is 11.9. The van der Waals surface area contributed by atoms with Gasteiger partial charge < -0.3 is 10.1 Å². The molecule has 0 bridgehead atoms. The zero-order valence-electron chi connectivity index (χ0n) is 10.0. The monoisotopic (exact) mass is 201 g/mol. The van der Waals surface area contributed by atoms with Crippen LogP contribution in [0.3, 0.4) is 0 Å². The van der Waals surface area contributed by atoms with Crippen molar-refractivity contribution < 1.29 is 9.53 Å². The third kappa shape index (κ3) is 9.52. The third-order valence-electron chi connectivity index (χ3n) is 1.72. The van der Waals surface area contributed by atoms with Crippen molar-refractivity contribution in [2.75, 3.05) is 13.2 Å². The van der Waals surface area contributed by atoms with E-state index in [1.807, 2.05) is 20.8 Å². The van der Waals surface area contributed by atoms with E-state index in [-0.39, 0.29) is 11.5 Å². The summed E-state index contributed by atoms with van der Waals surface area (Å²) >= 11 is 0. The molecule has 1 N–H and O–H groups in total. The molecule has 0 rings (SSSR count). The molecule has 84 valence electrons. The van der Waals surface area contributed by atoms with Gasteiger partial charge in [0.2, 0.25) is 0 Å². The lowest BCUT2D eigenvalue weighted by molar-refractivity contribution is -0.143. The summed E-state index contributed by atoms with van der Waals surface area (Å²) in [6.45, 7) is 11.1. The fourth-order valence-corrected chi connectivity index (χ4v) is 0.797. The summed E-state index contributed by atoms with van der Waals surface area (Å²) < 4.78 is 5.05. The molecule has 0 aliphatic rings. The van der Waals surface area contributed by atoms with Crippen LogP contribution in [-0.2, 0) is 9.53 Å². The lowest BCUT2D eigenvalue weighted by Gasteiger charge is -2.19. The number of esters is 1. The summed E-state index contributed by atoms with van der Waals surface area (Å²) in [7, 11) is 0. The number of rotatable bonds is 5. The fourth-order valence-electron chi connectivity index (χ4n) is 0.797. The summed E-state index contributed by atoms with van der Waals surface area (Å²) in [5, 5.41) is 3.09. The van der Waals surface area contributed by atoms with Gasteiger partial charge in [0.05, 0.1) is 13.2 Å².